The second-order valence-electron chi connectivity index (χ2n) is 3.88. The van der Waals surface area contributed by atoms with Gasteiger partial charge >= 0.3 is 0 Å². The van der Waals surface area contributed by atoms with Crippen LogP contribution in [0.2, 0.25) is 0 Å². The molecule has 0 radical (unpaired) electrons. The van der Waals surface area contributed by atoms with Crippen LogP contribution in [0.1, 0.15) is 18.1 Å². The van der Waals surface area contributed by atoms with Crippen molar-refractivity contribution >= 4 is 17.3 Å². The molecule has 17 heavy (non-hydrogen) atoms. The Morgan fingerprint density at radius 2 is 2.29 bits per heavy atom. The van der Waals surface area contributed by atoms with E-state index in [4.69, 9.17) is 11.6 Å². The number of benzene rings is 1. The third-order valence-corrected chi connectivity index (χ3v) is 2.89. The summed E-state index contributed by atoms with van der Waals surface area (Å²) >= 11 is 5.54. The summed E-state index contributed by atoms with van der Waals surface area (Å²) in [6.45, 7) is 4.95. The van der Waals surface area contributed by atoms with Crippen molar-refractivity contribution in [2.24, 2.45) is 0 Å². The topological polar surface area (TPSA) is 55.2 Å². The first-order chi connectivity index (χ1) is 8.06. The van der Waals surface area contributed by atoms with Crippen molar-refractivity contribution in [3.63, 3.8) is 0 Å². The highest BCUT2D eigenvalue weighted by Crippen LogP contribution is 2.20. The SMILES string of the molecule is C/C(=C/Cl)CNCc1cccc([N+](=O)[O-])c1C. The number of rotatable bonds is 5. The quantitative estimate of drug-likeness (QED) is 0.649. The minimum Gasteiger partial charge on any atom is -0.309 e. The van der Waals surface area contributed by atoms with E-state index >= 15 is 0 Å². The molecule has 1 aromatic carbocycles. The van der Waals surface area contributed by atoms with Gasteiger partial charge in [0.2, 0.25) is 0 Å². The van der Waals surface area contributed by atoms with Crippen molar-refractivity contribution in [2.45, 2.75) is 20.4 Å². The molecule has 92 valence electrons. The van der Waals surface area contributed by atoms with E-state index in [2.05, 4.69) is 5.32 Å². The Hall–Kier alpha value is -1.39. The van der Waals surface area contributed by atoms with Gasteiger partial charge in [-0.05, 0) is 25.0 Å². The van der Waals surface area contributed by atoms with Gasteiger partial charge in [-0.15, -0.1) is 0 Å². The van der Waals surface area contributed by atoms with Crippen molar-refractivity contribution in [3.05, 3.63) is 50.5 Å². The fraction of sp³-hybridized carbons (Fsp3) is 0.333. The molecule has 0 atom stereocenters. The van der Waals surface area contributed by atoms with Gasteiger partial charge in [-0.2, -0.15) is 0 Å². The molecule has 1 rings (SSSR count). The van der Waals surface area contributed by atoms with E-state index in [1.807, 2.05) is 13.0 Å². The van der Waals surface area contributed by atoms with Crippen molar-refractivity contribution in [1.29, 1.82) is 0 Å². The summed E-state index contributed by atoms with van der Waals surface area (Å²) in [6.07, 6.45) is 0. The van der Waals surface area contributed by atoms with Gasteiger partial charge < -0.3 is 5.32 Å². The third-order valence-electron chi connectivity index (χ3n) is 2.52. The van der Waals surface area contributed by atoms with Crippen LogP contribution in [-0.4, -0.2) is 11.5 Å². The van der Waals surface area contributed by atoms with Crippen LogP contribution < -0.4 is 5.32 Å². The van der Waals surface area contributed by atoms with Gasteiger partial charge in [0.15, 0.2) is 0 Å². The van der Waals surface area contributed by atoms with E-state index in [-0.39, 0.29) is 10.6 Å². The average molecular weight is 255 g/mol. The Balaban J connectivity index is 2.72. The summed E-state index contributed by atoms with van der Waals surface area (Å²) in [5.41, 5.74) is 4.34. The summed E-state index contributed by atoms with van der Waals surface area (Å²) < 4.78 is 0. The van der Waals surface area contributed by atoms with Gasteiger partial charge in [-0.25, -0.2) is 0 Å². The molecule has 0 fully saturated rings. The molecule has 1 aromatic rings. The van der Waals surface area contributed by atoms with Crippen LogP contribution in [0.3, 0.4) is 0 Å². The van der Waals surface area contributed by atoms with Crippen LogP contribution >= 0.6 is 11.6 Å². The molecule has 4 nitrogen and oxygen atoms in total. The normalized spacial score (nSPS) is 11.6. The lowest BCUT2D eigenvalue weighted by Crippen LogP contribution is -2.16. The zero-order valence-electron chi connectivity index (χ0n) is 9.87. The molecule has 0 aliphatic heterocycles. The van der Waals surface area contributed by atoms with Gasteiger partial charge in [0.25, 0.3) is 5.69 Å². The van der Waals surface area contributed by atoms with Crippen LogP contribution in [0.25, 0.3) is 0 Å². The second kappa shape index (κ2) is 6.37. The molecule has 0 aromatic heterocycles. The van der Waals surface area contributed by atoms with Crippen molar-refractivity contribution < 1.29 is 4.92 Å². The smallest absolute Gasteiger partial charge is 0.272 e. The fourth-order valence-corrected chi connectivity index (χ4v) is 1.57. The molecule has 0 heterocycles. The molecule has 0 aliphatic rings. The number of halogens is 1. The standard InChI is InChI=1S/C12H15ClN2O2/c1-9(6-13)7-14-8-11-4-3-5-12(10(11)2)15(16)17/h3-6,14H,7-8H2,1-2H3/b9-6-. The van der Waals surface area contributed by atoms with Gasteiger partial charge in [-0.3, -0.25) is 10.1 Å². The maximum atomic E-state index is 10.8. The molecule has 5 heteroatoms. The molecular formula is C12H15ClN2O2. The number of nitrogens with zero attached hydrogens (tertiary/aromatic N) is 1. The molecule has 0 bridgehead atoms. The molecule has 0 aliphatic carbocycles. The van der Waals surface area contributed by atoms with E-state index in [0.29, 0.717) is 18.7 Å². The van der Waals surface area contributed by atoms with Crippen molar-refractivity contribution in [1.82, 2.24) is 5.32 Å². The highest BCUT2D eigenvalue weighted by atomic mass is 35.5. The Morgan fingerprint density at radius 1 is 1.59 bits per heavy atom. The Morgan fingerprint density at radius 3 is 2.88 bits per heavy atom. The van der Waals surface area contributed by atoms with Crippen molar-refractivity contribution in [2.75, 3.05) is 6.54 Å². The highest BCUT2D eigenvalue weighted by Gasteiger charge is 2.12. The molecular weight excluding hydrogens is 240 g/mol. The average Bonchev–Trinajstić information content (AvgIpc) is 2.30. The number of nitrogens with one attached hydrogen (secondary N) is 1. The number of nitro groups is 1. The number of hydrogen-bond acceptors (Lipinski definition) is 3. The van der Waals surface area contributed by atoms with Gasteiger partial charge in [-0.1, -0.05) is 23.7 Å². The van der Waals surface area contributed by atoms with E-state index in [0.717, 1.165) is 11.1 Å². The lowest BCUT2D eigenvalue weighted by molar-refractivity contribution is -0.385. The van der Waals surface area contributed by atoms with Crippen molar-refractivity contribution in [3.8, 4) is 0 Å². The maximum absolute atomic E-state index is 10.8. The number of hydrogen-bond donors (Lipinski definition) is 1. The molecule has 0 saturated carbocycles. The molecule has 0 spiro atoms. The summed E-state index contributed by atoms with van der Waals surface area (Å²) in [6, 6.07) is 5.10. The summed E-state index contributed by atoms with van der Waals surface area (Å²) in [5.74, 6) is 0. The van der Waals surface area contributed by atoms with E-state index in [9.17, 15) is 10.1 Å². The molecule has 0 unspecified atom stereocenters. The van der Waals surface area contributed by atoms with E-state index in [1.165, 1.54) is 11.6 Å². The summed E-state index contributed by atoms with van der Waals surface area (Å²) in [4.78, 5) is 10.4. The van der Waals surface area contributed by atoms with Crippen LogP contribution in [0.4, 0.5) is 5.69 Å². The van der Waals surface area contributed by atoms with Crippen LogP contribution in [0, 0.1) is 17.0 Å². The first kappa shape index (κ1) is 13.7. The predicted molar refractivity (Wildman–Crippen MR) is 69.2 cm³/mol. The summed E-state index contributed by atoms with van der Waals surface area (Å²) in [7, 11) is 0. The minimum atomic E-state index is -0.358. The second-order valence-corrected chi connectivity index (χ2v) is 4.10. The zero-order chi connectivity index (χ0) is 12.8. The Bertz CT molecular complexity index is 444. The first-order valence-electron chi connectivity index (χ1n) is 5.25. The van der Waals surface area contributed by atoms with E-state index in [1.54, 1.807) is 13.0 Å². The fourth-order valence-electron chi connectivity index (χ4n) is 1.49. The largest absolute Gasteiger partial charge is 0.309 e. The van der Waals surface area contributed by atoms with Gasteiger partial charge in [0.1, 0.15) is 0 Å². The molecule has 0 saturated heterocycles. The highest BCUT2D eigenvalue weighted by molar-refractivity contribution is 6.25. The van der Waals surface area contributed by atoms with Gasteiger partial charge in [0, 0.05) is 30.3 Å². The monoisotopic (exact) mass is 254 g/mol. The minimum absolute atomic E-state index is 0.161. The number of nitro benzene ring substituents is 1. The van der Waals surface area contributed by atoms with Gasteiger partial charge in [0.05, 0.1) is 4.92 Å². The molecule has 1 N–H and O–H groups in total. The lowest BCUT2D eigenvalue weighted by atomic mass is 10.1. The maximum Gasteiger partial charge on any atom is 0.272 e. The first-order valence-corrected chi connectivity index (χ1v) is 5.69. The zero-order valence-corrected chi connectivity index (χ0v) is 10.6. The molecule has 0 amide bonds. The van der Waals surface area contributed by atoms with Crippen LogP contribution in [0.15, 0.2) is 29.3 Å². The Labute approximate surface area is 105 Å². The Kier molecular flexibility index (Phi) is 5.12. The summed E-state index contributed by atoms with van der Waals surface area (Å²) in [5, 5.41) is 13.9. The van der Waals surface area contributed by atoms with Crippen LogP contribution in [0.5, 0.6) is 0 Å². The van der Waals surface area contributed by atoms with Crippen LogP contribution in [-0.2, 0) is 6.54 Å². The lowest BCUT2D eigenvalue weighted by Gasteiger charge is -2.08. The third kappa shape index (κ3) is 3.84. The predicted octanol–water partition coefficient (Wildman–Crippen LogP) is 3.14. The van der Waals surface area contributed by atoms with E-state index < -0.39 is 0 Å².